The molecule has 2 rings (SSSR count). The molecule has 2 atom stereocenters. The largest absolute Gasteiger partial charge is 0.391 e. The zero-order valence-corrected chi connectivity index (χ0v) is 11.3. The molecule has 0 saturated carbocycles. The minimum absolute atomic E-state index is 0. The number of rotatable bonds is 2. The highest BCUT2D eigenvalue weighted by Crippen LogP contribution is 2.12. The zero-order chi connectivity index (χ0) is 12.4. The number of likely N-dealkylation sites (tertiary alicyclic amines) is 1. The van der Waals surface area contributed by atoms with E-state index >= 15 is 0 Å². The van der Waals surface area contributed by atoms with E-state index in [2.05, 4.69) is 5.32 Å². The number of aliphatic hydroxyl groups is 1. The Balaban J connectivity index is 0.00000162. The average molecular weight is 278 g/mol. The molecule has 0 aromatic heterocycles. The SMILES string of the molecule is CN1CCNC(CC(=O)N2CCC(O)C2)C1=O.Cl. The van der Waals surface area contributed by atoms with Gasteiger partial charge in [-0.2, -0.15) is 0 Å². The van der Waals surface area contributed by atoms with Crippen molar-refractivity contribution in [3.63, 3.8) is 0 Å². The van der Waals surface area contributed by atoms with Crippen molar-refractivity contribution in [1.29, 1.82) is 0 Å². The molecule has 2 aliphatic rings. The molecular weight excluding hydrogens is 258 g/mol. The van der Waals surface area contributed by atoms with Gasteiger partial charge in [-0.15, -0.1) is 12.4 Å². The third-order valence-corrected chi connectivity index (χ3v) is 3.41. The van der Waals surface area contributed by atoms with E-state index in [-0.39, 0.29) is 30.6 Å². The highest BCUT2D eigenvalue weighted by atomic mass is 35.5. The minimum Gasteiger partial charge on any atom is -0.391 e. The fourth-order valence-corrected chi connectivity index (χ4v) is 2.30. The summed E-state index contributed by atoms with van der Waals surface area (Å²) in [6, 6.07) is -0.404. The number of hydrogen-bond donors (Lipinski definition) is 2. The summed E-state index contributed by atoms with van der Waals surface area (Å²) >= 11 is 0. The summed E-state index contributed by atoms with van der Waals surface area (Å²) in [5.41, 5.74) is 0. The normalized spacial score (nSPS) is 28.2. The molecule has 7 heteroatoms. The average Bonchev–Trinajstić information content (AvgIpc) is 2.72. The predicted molar refractivity (Wildman–Crippen MR) is 68.5 cm³/mol. The quantitative estimate of drug-likeness (QED) is 0.667. The minimum atomic E-state index is -0.406. The van der Waals surface area contributed by atoms with Crippen LogP contribution in [0.5, 0.6) is 0 Å². The Morgan fingerprint density at radius 2 is 2.22 bits per heavy atom. The van der Waals surface area contributed by atoms with Crippen molar-refractivity contribution in [2.75, 3.05) is 33.2 Å². The summed E-state index contributed by atoms with van der Waals surface area (Å²) in [5, 5.41) is 12.4. The monoisotopic (exact) mass is 277 g/mol. The van der Waals surface area contributed by atoms with Crippen LogP contribution in [0.25, 0.3) is 0 Å². The summed E-state index contributed by atoms with van der Waals surface area (Å²) in [5.74, 6) is -0.0768. The van der Waals surface area contributed by atoms with Gasteiger partial charge in [0.05, 0.1) is 18.6 Å². The van der Waals surface area contributed by atoms with Crippen molar-refractivity contribution in [3.05, 3.63) is 0 Å². The molecule has 0 radical (unpaired) electrons. The lowest BCUT2D eigenvalue weighted by atomic mass is 10.1. The van der Waals surface area contributed by atoms with E-state index in [1.165, 1.54) is 0 Å². The van der Waals surface area contributed by atoms with E-state index in [1.54, 1.807) is 16.8 Å². The standard InChI is InChI=1S/C11H19N3O3.ClH/c1-13-5-3-12-9(11(13)17)6-10(16)14-4-2-8(15)7-14;/h8-9,12,15H,2-7H2,1H3;1H. The Labute approximate surface area is 113 Å². The van der Waals surface area contributed by atoms with Gasteiger partial charge in [-0.1, -0.05) is 0 Å². The number of carbonyl (C=O) groups excluding carboxylic acids is 2. The molecule has 18 heavy (non-hydrogen) atoms. The van der Waals surface area contributed by atoms with Gasteiger partial charge in [-0.25, -0.2) is 0 Å². The molecule has 2 aliphatic heterocycles. The van der Waals surface area contributed by atoms with Crippen LogP contribution in [0.15, 0.2) is 0 Å². The lowest BCUT2D eigenvalue weighted by Gasteiger charge is -2.30. The molecule has 0 aromatic rings. The molecular formula is C11H20ClN3O3. The van der Waals surface area contributed by atoms with Crippen LogP contribution >= 0.6 is 12.4 Å². The summed E-state index contributed by atoms with van der Waals surface area (Å²) in [6.45, 7) is 2.40. The highest BCUT2D eigenvalue weighted by molar-refractivity contribution is 5.88. The van der Waals surface area contributed by atoms with Crippen LogP contribution in [0.1, 0.15) is 12.8 Å². The molecule has 2 amide bonds. The van der Waals surface area contributed by atoms with Gasteiger partial charge in [-0.3, -0.25) is 9.59 Å². The van der Waals surface area contributed by atoms with Crippen LogP contribution in [-0.4, -0.2) is 72.1 Å². The van der Waals surface area contributed by atoms with E-state index in [1.807, 2.05) is 0 Å². The Morgan fingerprint density at radius 1 is 1.50 bits per heavy atom. The predicted octanol–water partition coefficient (Wildman–Crippen LogP) is -1.18. The molecule has 0 spiro atoms. The van der Waals surface area contributed by atoms with Gasteiger partial charge >= 0.3 is 0 Å². The third kappa shape index (κ3) is 3.34. The maximum atomic E-state index is 11.9. The fourth-order valence-electron chi connectivity index (χ4n) is 2.30. The Kier molecular flexibility index (Phi) is 5.37. The molecule has 2 saturated heterocycles. The number of amides is 2. The number of nitrogens with zero attached hydrogens (tertiary/aromatic N) is 2. The van der Waals surface area contributed by atoms with Crippen molar-refractivity contribution < 1.29 is 14.7 Å². The van der Waals surface area contributed by atoms with Crippen molar-refractivity contribution in [1.82, 2.24) is 15.1 Å². The second kappa shape index (κ2) is 6.36. The van der Waals surface area contributed by atoms with E-state index in [0.717, 1.165) is 6.54 Å². The van der Waals surface area contributed by atoms with Crippen LogP contribution in [0.3, 0.4) is 0 Å². The summed E-state index contributed by atoms with van der Waals surface area (Å²) in [4.78, 5) is 27.0. The van der Waals surface area contributed by atoms with Gasteiger partial charge in [0.2, 0.25) is 11.8 Å². The number of likely N-dealkylation sites (N-methyl/N-ethyl adjacent to an activating group) is 1. The number of nitrogens with one attached hydrogen (secondary N) is 1. The second-order valence-corrected chi connectivity index (χ2v) is 4.75. The maximum Gasteiger partial charge on any atom is 0.240 e. The number of hydrogen-bond acceptors (Lipinski definition) is 4. The number of aliphatic hydroxyl groups excluding tert-OH is 1. The second-order valence-electron chi connectivity index (χ2n) is 4.75. The zero-order valence-electron chi connectivity index (χ0n) is 10.5. The fraction of sp³-hybridized carbons (Fsp3) is 0.818. The topological polar surface area (TPSA) is 72.9 Å². The van der Waals surface area contributed by atoms with E-state index in [4.69, 9.17) is 0 Å². The first-order valence-corrected chi connectivity index (χ1v) is 6.02. The van der Waals surface area contributed by atoms with Crippen LogP contribution in [0.4, 0.5) is 0 Å². The van der Waals surface area contributed by atoms with Gasteiger partial charge in [0, 0.05) is 33.2 Å². The van der Waals surface area contributed by atoms with Crippen LogP contribution < -0.4 is 5.32 Å². The molecule has 2 heterocycles. The first-order valence-electron chi connectivity index (χ1n) is 6.02. The van der Waals surface area contributed by atoms with Crippen molar-refractivity contribution in [3.8, 4) is 0 Å². The lowest BCUT2D eigenvalue weighted by Crippen LogP contribution is -2.55. The third-order valence-electron chi connectivity index (χ3n) is 3.41. The van der Waals surface area contributed by atoms with Gasteiger partial charge in [0.15, 0.2) is 0 Å². The number of carbonyl (C=O) groups is 2. The highest BCUT2D eigenvalue weighted by Gasteiger charge is 2.31. The van der Waals surface area contributed by atoms with Crippen LogP contribution in [0, 0.1) is 0 Å². The summed E-state index contributed by atoms with van der Waals surface area (Å²) in [6.07, 6.45) is 0.421. The Morgan fingerprint density at radius 3 is 2.83 bits per heavy atom. The van der Waals surface area contributed by atoms with Crippen LogP contribution in [-0.2, 0) is 9.59 Å². The lowest BCUT2D eigenvalue weighted by molar-refractivity contribution is -0.139. The molecule has 2 fully saturated rings. The molecule has 104 valence electrons. The Bertz CT molecular complexity index is 327. The van der Waals surface area contributed by atoms with Crippen LogP contribution in [0.2, 0.25) is 0 Å². The summed E-state index contributed by atoms with van der Waals surface area (Å²) in [7, 11) is 1.75. The van der Waals surface area contributed by atoms with Crippen molar-refractivity contribution in [2.45, 2.75) is 25.0 Å². The first kappa shape index (κ1) is 15.2. The van der Waals surface area contributed by atoms with Crippen molar-refractivity contribution >= 4 is 24.2 Å². The van der Waals surface area contributed by atoms with Gasteiger partial charge in [-0.05, 0) is 6.42 Å². The Hall–Kier alpha value is -0.850. The molecule has 2 N–H and O–H groups in total. The van der Waals surface area contributed by atoms with Crippen molar-refractivity contribution in [2.24, 2.45) is 0 Å². The molecule has 2 unspecified atom stereocenters. The van der Waals surface area contributed by atoms with Gasteiger partial charge in [0.1, 0.15) is 0 Å². The molecule has 6 nitrogen and oxygen atoms in total. The smallest absolute Gasteiger partial charge is 0.240 e. The van der Waals surface area contributed by atoms with E-state index in [9.17, 15) is 14.7 Å². The first-order chi connectivity index (χ1) is 8.08. The summed E-state index contributed by atoms with van der Waals surface area (Å²) < 4.78 is 0. The van der Waals surface area contributed by atoms with Gasteiger partial charge in [0.25, 0.3) is 0 Å². The molecule has 0 aromatic carbocycles. The number of β-amino-alcohol motifs (C(OH)–C–C–N with tert-alkyl or cyclic N) is 1. The molecule has 0 aliphatic carbocycles. The maximum absolute atomic E-state index is 11.9. The molecule has 0 bridgehead atoms. The van der Waals surface area contributed by atoms with E-state index in [0.29, 0.717) is 26.1 Å². The van der Waals surface area contributed by atoms with Gasteiger partial charge < -0.3 is 20.2 Å². The van der Waals surface area contributed by atoms with E-state index < -0.39 is 12.1 Å². The number of halogens is 1. The number of piperazine rings is 1.